The second-order valence-electron chi connectivity index (χ2n) is 4.45. The number of amides is 2. The third kappa shape index (κ3) is 2.73. The van der Waals surface area contributed by atoms with Crippen molar-refractivity contribution in [2.75, 3.05) is 5.32 Å². The van der Waals surface area contributed by atoms with Crippen molar-refractivity contribution in [2.45, 2.75) is 25.8 Å². The van der Waals surface area contributed by atoms with Crippen LogP contribution in [0, 0.1) is 6.92 Å². The first-order valence-corrected chi connectivity index (χ1v) is 5.92. The molecule has 0 spiro atoms. The first kappa shape index (κ1) is 13.1. The molecule has 1 fully saturated rings. The smallest absolute Gasteiger partial charge is 0.337 e. The highest BCUT2D eigenvalue weighted by atomic mass is 16.4. The van der Waals surface area contributed by atoms with Crippen molar-refractivity contribution in [2.24, 2.45) is 0 Å². The number of rotatable bonds is 3. The summed E-state index contributed by atoms with van der Waals surface area (Å²) in [5.41, 5.74) is 0.983. The van der Waals surface area contributed by atoms with Gasteiger partial charge in [-0.3, -0.25) is 9.59 Å². The molecule has 2 amide bonds. The van der Waals surface area contributed by atoms with Crippen molar-refractivity contribution in [3.8, 4) is 0 Å². The van der Waals surface area contributed by atoms with Gasteiger partial charge < -0.3 is 15.7 Å². The minimum atomic E-state index is -1.10. The molecule has 1 saturated heterocycles. The molecule has 1 aromatic carbocycles. The van der Waals surface area contributed by atoms with Gasteiger partial charge in [0.25, 0.3) is 0 Å². The number of carbonyl (C=O) groups excluding carboxylic acids is 2. The molecule has 100 valence electrons. The number of anilines is 1. The molecule has 0 aromatic heterocycles. The summed E-state index contributed by atoms with van der Waals surface area (Å²) in [6.07, 6.45) is 0.747. The highest BCUT2D eigenvalue weighted by Gasteiger charge is 2.28. The van der Waals surface area contributed by atoms with Gasteiger partial charge in [0.05, 0.1) is 11.3 Å². The molecule has 19 heavy (non-hydrogen) atoms. The van der Waals surface area contributed by atoms with Gasteiger partial charge in [0.15, 0.2) is 0 Å². The Morgan fingerprint density at radius 3 is 2.74 bits per heavy atom. The molecule has 1 heterocycles. The van der Waals surface area contributed by atoms with Crippen LogP contribution in [-0.4, -0.2) is 28.9 Å². The third-order valence-electron chi connectivity index (χ3n) is 3.06. The number of nitrogens with one attached hydrogen (secondary N) is 2. The van der Waals surface area contributed by atoms with Crippen LogP contribution in [0.1, 0.15) is 28.8 Å². The van der Waals surface area contributed by atoms with E-state index in [0.717, 1.165) is 0 Å². The summed E-state index contributed by atoms with van der Waals surface area (Å²) in [5.74, 6) is -1.65. The number of carbonyl (C=O) groups is 3. The fraction of sp³-hybridized carbons (Fsp3) is 0.308. The van der Waals surface area contributed by atoms with Crippen LogP contribution in [-0.2, 0) is 9.59 Å². The van der Waals surface area contributed by atoms with E-state index in [4.69, 9.17) is 5.11 Å². The topological polar surface area (TPSA) is 95.5 Å². The maximum atomic E-state index is 12.0. The Morgan fingerprint density at radius 1 is 1.42 bits per heavy atom. The number of hydrogen-bond acceptors (Lipinski definition) is 3. The van der Waals surface area contributed by atoms with Crippen molar-refractivity contribution >= 4 is 23.5 Å². The minimum Gasteiger partial charge on any atom is -0.478 e. The average molecular weight is 262 g/mol. The lowest BCUT2D eigenvalue weighted by Gasteiger charge is -2.14. The number of carboxylic acid groups (broad SMARTS) is 1. The summed E-state index contributed by atoms with van der Waals surface area (Å²) in [5, 5.41) is 14.2. The summed E-state index contributed by atoms with van der Waals surface area (Å²) < 4.78 is 0. The van der Waals surface area contributed by atoms with Gasteiger partial charge >= 0.3 is 5.97 Å². The molecule has 1 aromatic rings. The summed E-state index contributed by atoms with van der Waals surface area (Å²) in [6, 6.07) is 4.17. The Balaban J connectivity index is 2.21. The normalized spacial score (nSPS) is 17.9. The monoisotopic (exact) mass is 262 g/mol. The zero-order valence-electron chi connectivity index (χ0n) is 10.4. The van der Waals surface area contributed by atoms with E-state index in [-0.39, 0.29) is 23.1 Å². The Hall–Kier alpha value is -2.37. The van der Waals surface area contributed by atoms with Gasteiger partial charge in [-0.05, 0) is 25.0 Å². The molecule has 2 rings (SSSR count). The largest absolute Gasteiger partial charge is 0.478 e. The Morgan fingerprint density at radius 2 is 2.16 bits per heavy atom. The Bertz CT molecular complexity index is 554. The van der Waals surface area contributed by atoms with Gasteiger partial charge in [0, 0.05) is 6.42 Å². The summed E-state index contributed by atoms with van der Waals surface area (Å²) in [6.45, 7) is 1.72. The highest BCUT2D eigenvalue weighted by Crippen LogP contribution is 2.21. The first-order valence-electron chi connectivity index (χ1n) is 5.92. The average Bonchev–Trinajstić information content (AvgIpc) is 2.78. The summed E-state index contributed by atoms with van der Waals surface area (Å²) >= 11 is 0. The Labute approximate surface area is 109 Å². The van der Waals surface area contributed by atoms with E-state index in [1.165, 1.54) is 6.07 Å². The molecule has 0 radical (unpaired) electrons. The van der Waals surface area contributed by atoms with E-state index >= 15 is 0 Å². The van der Waals surface area contributed by atoms with Crippen molar-refractivity contribution in [1.29, 1.82) is 0 Å². The van der Waals surface area contributed by atoms with Crippen LogP contribution >= 0.6 is 0 Å². The number of aromatic carboxylic acids is 1. The zero-order chi connectivity index (χ0) is 14.0. The van der Waals surface area contributed by atoms with Crippen LogP contribution in [0.25, 0.3) is 0 Å². The lowest BCUT2D eigenvalue weighted by molar-refractivity contribution is -0.122. The first-order chi connectivity index (χ1) is 8.99. The molecule has 0 unspecified atom stereocenters. The van der Waals surface area contributed by atoms with Crippen LogP contribution in [0.5, 0.6) is 0 Å². The maximum absolute atomic E-state index is 12.0. The van der Waals surface area contributed by atoms with Gasteiger partial charge in [-0.2, -0.15) is 0 Å². The van der Waals surface area contributed by atoms with E-state index in [2.05, 4.69) is 10.6 Å². The van der Waals surface area contributed by atoms with Crippen LogP contribution in [0.2, 0.25) is 0 Å². The van der Waals surface area contributed by atoms with Gasteiger partial charge in [-0.15, -0.1) is 0 Å². The standard InChI is InChI=1S/C13H14N2O4/c1-7-3-2-4-8(13(18)19)11(7)15-12(17)9-5-6-10(16)14-9/h2-4,9H,5-6H2,1H3,(H,14,16)(H,15,17)(H,18,19)/t9-/m0/s1. The molecule has 1 aliphatic heterocycles. The predicted octanol–water partition coefficient (Wildman–Crippen LogP) is 0.910. The molecule has 1 atom stereocenters. The van der Waals surface area contributed by atoms with E-state index in [9.17, 15) is 14.4 Å². The van der Waals surface area contributed by atoms with E-state index in [1.807, 2.05) is 0 Å². The van der Waals surface area contributed by atoms with E-state index in [0.29, 0.717) is 18.4 Å². The van der Waals surface area contributed by atoms with E-state index < -0.39 is 12.0 Å². The Kier molecular flexibility index (Phi) is 3.50. The van der Waals surface area contributed by atoms with Gasteiger partial charge in [0.1, 0.15) is 6.04 Å². The molecule has 3 N–H and O–H groups in total. The zero-order valence-corrected chi connectivity index (χ0v) is 10.4. The minimum absolute atomic E-state index is 0.0395. The third-order valence-corrected chi connectivity index (χ3v) is 3.06. The number of benzene rings is 1. The van der Waals surface area contributed by atoms with Crippen molar-refractivity contribution in [1.82, 2.24) is 5.32 Å². The number of aryl methyl sites for hydroxylation is 1. The lowest BCUT2D eigenvalue weighted by Crippen LogP contribution is -2.37. The fourth-order valence-electron chi connectivity index (χ4n) is 2.03. The summed E-state index contributed by atoms with van der Waals surface area (Å²) in [4.78, 5) is 34.1. The SMILES string of the molecule is Cc1cccc(C(=O)O)c1NC(=O)[C@@H]1CCC(=O)N1. The molecule has 6 nitrogen and oxygen atoms in total. The van der Waals surface area contributed by atoms with Crippen LogP contribution in [0.15, 0.2) is 18.2 Å². The second kappa shape index (κ2) is 5.09. The number of hydrogen-bond donors (Lipinski definition) is 3. The molecule has 0 aliphatic carbocycles. The van der Waals surface area contributed by atoms with Crippen molar-refractivity contribution in [3.63, 3.8) is 0 Å². The van der Waals surface area contributed by atoms with Crippen molar-refractivity contribution < 1.29 is 19.5 Å². The highest BCUT2D eigenvalue weighted by molar-refractivity contribution is 6.04. The molecular weight excluding hydrogens is 248 g/mol. The lowest BCUT2D eigenvalue weighted by atomic mass is 10.1. The summed E-state index contributed by atoms with van der Waals surface area (Å²) in [7, 11) is 0. The van der Waals surface area contributed by atoms with Crippen LogP contribution < -0.4 is 10.6 Å². The van der Waals surface area contributed by atoms with Gasteiger partial charge in [-0.25, -0.2) is 4.79 Å². The van der Waals surface area contributed by atoms with Gasteiger partial charge in [0.2, 0.25) is 11.8 Å². The quantitative estimate of drug-likeness (QED) is 0.754. The molecule has 1 aliphatic rings. The molecule has 0 saturated carbocycles. The second-order valence-corrected chi connectivity index (χ2v) is 4.45. The molecular formula is C13H14N2O4. The van der Waals surface area contributed by atoms with Gasteiger partial charge in [-0.1, -0.05) is 12.1 Å². The fourth-order valence-corrected chi connectivity index (χ4v) is 2.03. The molecule has 0 bridgehead atoms. The predicted molar refractivity (Wildman–Crippen MR) is 67.9 cm³/mol. The van der Waals surface area contributed by atoms with Crippen molar-refractivity contribution in [3.05, 3.63) is 29.3 Å². The molecule has 6 heteroatoms. The van der Waals surface area contributed by atoms with Crippen LogP contribution in [0.4, 0.5) is 5.69 Å². The van der Waals surface area contributed by atoms with Crippen LogP contribution in [0.3, 0.4) is 0 Å². The number of para-hydroxylation sites is 1. The van der Waals surface area contributed by atoms with E-state index in [1.54, 1.807) is 19.1 Å². The maximum Gasteiger partial charge on any atom is 0.337 e. The number of carboxylic acids is 1.